The van der Waals surface area contributed by atoms with Gasteiger partial charge >= 0.3 is 0 Å². The highest BCUT2D eigenvalue weighted by Crippen LogP contribution is 2.21. The average molecular weight is 284 g/mol. The van der Waals surface area contributed by atoms with Crippen LogP contribution in [0.15, 0.2) is 23.7 Å². The number of amides is 1. The molecule has 0 saturated heterocycles. The summed E-state index contributed by atoms with van der Waals surface area (Å²) in [4.78, 5) is 15.7. The van der Waals surface area contributed by atoms with E-state index >= 15 is 0 Å². The number of phenolic OH excluding ortho intramolecular Hbond substituents is 1. The molecule has 7 heteroatoms. The van der Waals surface area contributed by atoms with Crippen LogP contribution in [0.4, 0.5) is 8.78 Å². The second kappa shape index (κ2) is 5.75. The molecule has 4 nitrogen and oxygen atoms in total. The summed E-state index contributed by atoms with van der Waals surface area (Å²) in [5.41, 5.74) is -0.555. The van der Waals surface area contributed by atoms with Gasteiger partial charge in [-0.05, 0) is 0 Å². The fraction of sp³-hybridized carbons (Fsp3) is 0.167. The zero-order chi connectivity index (χ0) is 13.8. The largest absolute Gasteiger partial charge is 0.507 e. The summed E-state index contributed by atoms with van der Waals surface area (Å²) in [6.45, 7) is 0.253. The molecule has 0 fully saturated rings. The minimum absolute atomic E-state index is 0.253. The van der Waals surface area contributed by atoms with Crippen molar-refractivity contribution in [2.75, 3.05) is 6.54 Å². The zero-order valence-electron chi connectivity index (χ0n) is 9.69. The lowest BCUT2D eigenvalue weighted by Crippen LogP contribution is -2.26. The Balaban J connectivity index is 2.00. The van der Waals surface area contributed by atoms with Crippen molar-refractivity contribution >= 4 is 17.2 Å². The molecule has 0 unspecified atom stereocenters. The van der Waals surface area contributed by atoms with Crippen molar-refractivity contribution in [2.24, 2.45) is 0 Å². The van der Waals surface area contributed by atoms with Crippen molar-refractivity contribution in [1.29, 1.82) is 0 Å². The average Bonchev–Trinajstić information content (AvgIpc) is 2.80. The van der Waals surface area contributed by atoms with Crippen LogP contribution in [0, 0.1) is 11.6 Å². The molecule has 0 aliphatic heterocycles. The van der Waals surface area contributed by atoms with E-state index in [9.17, 15) is 18.7 Å². The number of carbonyl (C=O) groups is 1. The fourth-order valence-electron chi connectivity index (χ4n) is 1.53. The first-order valence-corrected chi connectivity index (χ1v) is 6.30. The number of thiazole rings is 1. The molecule has 0 bridgehead atoms. The van der Waals surface area contributed by atoms with Gasteiger partial charge in [0.25, 0.3) is 5.91 Å². The molecule has 2 rings (SSSR count). The van der Waals surface area contributed by atoms with E-state index in [0.717, 1.165) is 5.01 Å². The number of rotatable bonds is 4. The van der Waals surface area contributed by atoms with Crippen LogP contribution in [0.5, 0.6) is 5.75 Å². The third kappa shape index (κ3) is 3.25. The predicted octanol–water partition coefficient (Wildman–Crippen LogP) is 2.10. The van der Waals surface area contributed by atoms with Crippen molar-refractivity contribution in [3.63, 3.8) is 0 Å². The molecular weight excluding hydrogens is 274 g/mol. The molecule has 0 spiro atoms. The smallest absolute Gasteiger partial charge is 0.258 e. The number of halogens is 2. The Morgan fingerprint density at radius 3 is 2.84 bits per heavy atom. The number of benzene rings is 1. The van der Waals surface area contributed by atoms with Crippen molar-refractivity contribution in [1.82, 2.24) is 10.3 Å². The molecule has 0 atom stereocenters. The van der Waals surface area contributed by atoms with Crippen LogP contribution in [-0.4, -0.2) is 22.5 Å². The van der Waals surface area contributed by atoms with Crippen molar-refractivity contribution < 1.29 is 18.7 Å². The van der Waals surface area contributed by atoms with Gasteiger partial charge in [-0.15, -0.1) is 11.3 Å². The normalized spacial score (nSPS) is 10.4. The first kappa shape index (κ1) is 13.4. The van der Waals surface area contributed by atoms with Gasteiger partial charge in [-0.25, -0.2) is 13.8 Å². The molecule has 1 aromatic heterocycles. The number of hydrogen-bond acceptors (Lipinski definition) is 4. The summed E-state index contributed by atoms with van der Waals surface area (Å²) in [6.07, 6.45) is 2.15. The van der Waals surface area contributed by atoms with Crippen LogP contribution in [0.25, 0.3) is 0 Å². The SMILES string of the molecule is O=C(NCCc1nccs1)c1c(O)cc(F)cc1F. The number of aromatic hydroxyl groups is 1. The third-order valence-electron chi connectivity index (χ3n) is 2.37. The Bertz CT molecular complexity index is 564. The maximum absolute atomic E-state index is 13.4. The number of aromatic nitrogens is 1. The van der Waals surface area contributed by atoms with E-state index in [1.54, 1.807) is 6.20 Å². The first-order valence-electron chi connectivity index (χ1n) is 5.42. The minimum atomic E-state index is -1.09. The lowest BCUT2D eigenvalue weighted by atomic mass is 10.1. The lowest BCUT2D eigenvalue weighted by molar-refractivity contribution is 0.0947. The van der Waals surface area contributed by atoms with Crippen LogP contribution in [0.3, 0.4) is 0 Å². The van der Waals surface area contributed by atoms with Gasteiger partial charge in [0.1, 0.15) is 22.9 Å². The highest BCUT2D eigenvalue weighted by Gasteiger charge is 2.18. The Kier molecular flexibility index (Phi) is 4.06. The molecule has 1 amide bonds. The minimum Gasteiger partial charge on any atom is -0.507 e. The lowest BCUT2D eigenvalue weighted by Gasteiger charge is -2.07. The van der Waals surface area contributed by atoms with Gasteiger partial charge in [0.15, 0.2) is 0 Å². The summed E-state index contributed by atoms with van der Waals surface area (Å²) in [5.74, 6) is -3.53. The van der Waals surface area contributed by atoms with E-state index in [-0.39, 0.29) is 6.54 Å². The molecule has 2 N–H and O–H groups in total. The van der Waals surface area contributed by atoms with Crippen LogP contribution < -0.4 is 5.32 Å². The number of phenols is 1. The zero-order valence-corrected chi connectivity index (χ0v) is 10.5. The highest BCUT2D eigenvalue weighted by molar-refractivity contribution is 7.09. The molecule has 19 heavy (non-hydrogen) atoms. The van der Waals surface area contributed by atoms with Crippen LogP contribution in [0.2, 0.25) is 0 Å². The van der Waals surface area contributed by atoms with Gasteiger partial charge in [-0.3, -0.25) is 4.79 Å². The molecular formula is C12H10F2N2O2S. The van der Waals surface area contributed by atoms with Gasteiger partial charge in [0.05, 0.1) is 5.01 Å². The van der Waals surface area contributed by atoms with Crippen molar-refractivity contribution in [3.05, 3.63) is 45.9 Å². The van der Waals surface area contributed by atoms with E-state index in [4.69, 9.17) is 0 Å². The summed E-state index contributed by atoms with van der Waals surface area (Å²) in [7, 11) is 0. The van der Waals surface area contributed by atoms with E-state index in [1.165, 1.54) is 11.3 Å². The molecule has 100 valence electrons. The van der Waals surface area contributed by atoms with Gasteiger partial charge in [-0.1, -0.05) is 0 Å². The summed E-state index contributed by atoms with van der Waals surface area (Å²) in [6, 6.07) is 1.24. The predicted molar refractivity (Wildman–Crippen MR) is 66.2 cm³/mol. The number of carbonyl (C=O) groups excluding carboxylic acids is 1. The van der Waals surface area contributed by atoms with Gasteiger partial charge < -0.3 is 10.4 Å². The quantitative estimate of drug-likeness (QED) is 0.903. The Hall–Kier alpha value is -2.02. The summed E-state index contributed by atoms with van der Waals surface area (Å²) >= 11 is 1.44. The maximum atomic E-state index is 13.4. The molecule has 0 saturated carbocycles. The highest BCUT2D eigenvalue weighted by atomic mass is 32.1. The third-order valence-corrected chi connectivity index (χ3v) is 3.21. The van der Waals surface area contributed by atoms with Gasteiger partial charge in [0.2, 0.25) is 0 Å². The monoisotopic (exact) mass is 284 g/mol. The molecule has 0 aliphatic rings. The van der Waals surface area contributed by atoms with E-state index in [2.05, 4.69) is 10.3 Å². The Morgan fingerprint density at radius 1 is 1.42 bits per heavy atom. The number of hydrogen-bond donors (Lipinski definition) is 2. The summed E-state index contributed by atoms with van der Waals surface area (Å²) in [5, 5.41) is 14.5. The van der Waals surface area contributed by atoms with Crippen molar-refractivity contribution in [3.8, 4) is 5.75 Å². The Labute approximate surface area is 111 Å². The number of nitrogens with one attached hydrogen (secondary N) is 1. The number of nitrogens with zero attached hydrogens (tertiary/aromatic N) is 1. The second-order valence-electron chi connectivity index (χ2n) is 3.71. The second-order valence-corrected chi connectivity index (χ2v) is 4.69. The van der Waals surface area contributed by atoms with E-state index < -0.39 is 28.9 Å². The standard InChI is InChI=1S/C12H10F2N2O2S/c13-7-5-8(14)11(9(17)6-7)12(18)16-2-1-10-15-3-4-19-10/h3-6,17H,1-2H2,(H,16,18). The molecule has 0 aliphatic carbocycles. The Morgan fingerprint density at radius 2 is 2.21 bits per heavy atom. The molecule has 1 aromatic carbocycles. The fourth-order valence-corrected chi connectivity index (χ4v) is 2.15. The van der Waals surface area contributed by atoms with Gasteiger partial charge in [0, 0.05) is 36.7 Å². The van der Waals surface area contributed by atoms with Crippen LogP contribution in [0.1, 0.15) is 15.4 Å². The van der Waals surface area contributed by atoms with Gasteiger partial charge in [-0.2, -0.15) is 0 Å². The van der Waals surface area contributed by atoms with E-state index in [0.29, 0.717) is 18.6 Å². The van der Waals surface area contributed by atoms with Crippen LogP contribution in [-0.2, 0) is 6.42 Å². The first-order chi connectivity index (χ1) is 9.08. The molecule has 0 radical (unpaired) electrons. The maximum Gasteiger partial charge on any atom is 0.258 e. The topological polar surface area (TPSA) is 62.2 Å². The summed E-state index contributed by atoms with van der Waals surface area (Å²) < 4.78 is 26.2. The molecule has 2 aromatic rings. The van der Waals surface area contributed by atoms with E-state index in [1.807, 2.05) is 5.38 Å². The van der Waals surface area contributed by atoms with Crippen molar-refractivity contribution in [2.45, 2.75) is 6.42 Å². The van der Waals surface area contributed by atoms with Crippen LogP contribution >= 0.6 is 11.3 Å². The molecule has 1 heterocycles.